The Morgan fingerprint density at radius 1 is 1.30 bits per heavy atom. The van der Waals surface area contributed by atoms with E-state index < -0.39 is 5.91 Å². The van der Waals surface area contributed by atoms with Gasteiger partial charge >= 0.3 is 0 Å². The first-order valence-electron chi connectivity index (χ1n) is 7.82. The molecule has 5 nitrogen and oxygen atoms in total. The molecule has 0 atom stereocenters. The molecule has 0 saturated carbocycles. The summed E-state index contributed by atoms with van der Waals surface area (Å²) in [6.45, 7) is 0.173. The quantitative estimate of drug-likeness (QED) is 0.423. The fraction of sp³-hybridized carbons (Fsp3) is 0.100. The molecule has 0 unspecified atom stereocenters. The summed E-state index contributed by atoms with van der Waals surface area (Å²) in [6.07, 6.45) is 4.65. The second-order valence-electron chi connectivity index (χ2n) is 5.40. The van der Waals surface area contributed by atoms with Gasteiger partial charge in [0.05, 0.1) is 7.11 Å². The number of halogens is 2. The van der Waals surface area contributed by atoms with Crippen LogP contribution in [0.25, 0.3) is 6.08 Å². The van der Waals surface area contributed by atoms with Crippen molar-refractivity contribution in [3.8, 4) is 17.6 Å². The summed E-state index contributed by atoms with van der Waals surface area (Å²) in [7, 11) is 1.45. The number of amides is 1. The summed E-state index contributed by atoms with van der Waals surface area (Å²) in [5, 5.41) is 22.3. The third kappa shape index (κ3) is 5.78. The molecule has 0 fully saturated rings. The fourth-order valence-electron chi connectivity index (χ4n) is 2.15. The Balaban J connectivity index is 2.04. The molecular weight excluding hydrogens is 387 g/mol. The predicted octanol–water partition coefficient (Wildman–Crippen LogP) is 4.49. The summed E-state index contributed by atoms with van der Waals surface area (Å²) in [5.74, 6) is -0.154. The van der Waals surface area contributed by atoms with E-state index in [9.17, 15) is 15.2 Å². The Bertz CT molecular complexity index is 947. The van der Waals surface area contributed by atoms with Crippen molar-refractivity contribution in [3.05, 3.63) is 75.3 Å². The molecule has 2 N–H and O–H groups in total. The zero-order valence-electron chi connectivity index (χ0n) is 14.4. The van der Waals surface area contributed by atoms with Crippen LogP contribution in [0.2, 0.25) is 10.0 Å². The summed E-state index contributed by atoms with van der Waals surface area (Å²) in [4.78, 5) is 12.2. The fourth-order valence-corrected chi connectivity index (χ4v) is 2.63. The average Bonchev–Trinajstić information content (AvgIpc) is 2.65. The molecule has 2 rings (SSSR count). The smallest absolute Gasteiger partial charge is 0.262 e. The van der Waals surface area contributed by atoms with Crippen LogP contribution in [-0.4, -0.2) is 18.1 Å². The van der Waals surface area contributed by atoms with Crippen LogP contribution in [0.1, 0.15) is 11.1 Å². The molecule has 0 spiro atoms. The van der Waals surface area contributed by atoms with Crippen LogP contribution < -0.4 is 10.1 Å². The number of benzene rings is 2. The monoisotopic (exact) mass is 402 g/mol. The molecule has 0 aliphatic carbocycles. The van der Waals surface area contributed by atoms with E-state index >= 15 is 0 Å². The SMILES string of the molecule is COc1cc(/C=C/C=C(\C#N)C(=O)NCc2ccc(Cl)cc2Cl)ccc1O. The molecule has 0 bridgehead atoms. The van der Waals surface area contributed by atoms with Crippen molar-refractivity contribution in [3.63, 3.8) is 0 Å². The van der Waals surface area contributed by atoms with Gasteiger partial charge in [-0.1, -0.05) is 47.5 Å². The molecular formula is C20H16Cl2N2O3. The van der Waals surface area contributed by atoms with Crippen LogP contribution in [0.15, 0.2) is 54.1 Å². The number of carbonyl (C=O) groups excluding carboxylic acids is 1. The number of allylic oxidation sites excluding steroid dienone is 2. The van der Waals surface area contributed by atoms with Crippen molar-refractivity contribution in [1.29, 1.82) is 5.26 Å². The van der Waals surface area contributed by atoms with Gasteiger partial charge in [0.1, 0.15) is 11.6 Å². The number of aromatic hydroxyl groups is 1. The normalized spacial score (nSPS) is 11.3. The first-order valence-corrected chi connectivity index (χ1v) is 8.57. The number of nitrogens with one attached hydrogen (secondary N) is 1. The molecule has 0 heterocycles. The number of nitriles is 1. The number of carbonyl (C=O) groups is 1. The zero-order valence-corrected chi connectivity index (χ0v) is 15.9. The second-order valence-corrected chi connectivity index (χ2v) is 6.24. The van der Waals surface area contributed by atoms with Crippen molar-refractivity contribution >= 4 is 35.2 Å². The molecule has 27 heavy (non-hydrogen) atoms. The maximum atomic E-state index is 12.2. The van der Waals surface area contributed by atoms with Crippen LogP contribution in [0.4, 0.5) is 0 Å². The van der Waals surface area contributed by atoms with Gasteiger partial charge in [-0.05, 0) is 41.5 Å². The molecule has 0 aliphatic heterocycles. The van der Waals surface area contributed by atoms with Gasteiger partial charge in [0, 0.05) is 16.6 Å². The van der Waals surface area contributed by atoms with E-state index in [1.165, 1.54) is 19.3 Å². The van der Waals surface area contributed by atoms with E-state index in [1.807, 2.05) is 6.07 Å². The van der Waals surface area contributed by atoms with E-state index in [1.54, 1.807) is 42.5 Å². The van der Waals surface area contributed by atoms with Crippen molar-refractivity contribution in [2.75, 3.05) is 7.11 Å². The number of methoxy groups -OCH3 is 1. The minimum atomic E-state index is -0.517. The highest BCUT2D eigenvalue weighted by Gasteiger charge is 2.09. The molecule has 138 valence electrons. The highest BCUT2D eigenvalue weighted by Crippen LogP contribution is 2.26. The number of hydrogen-bond donors (Lipinski definition) is 2. The second kappa shape index (κ2) is 9.67. The van der Waals surface area contributed by atoms with Crippen LogP contribution >= 0.6 is 23.2 Å². The molecule has 2 aromatic carbocycles. The number of ether oxygens (including phenoxy) is 1. The first-order chi connectivity index (χ1) is 12.9. The van der Waals surface area contributed by atoms with Gasteiger partial charge in [0.25, 0.3) is 5.91 Å². The molecule has 0 aliphatic rings. The zero-order chi connectivity index (χ0) is 19.8. The first kappa shape index (κ1) is 20.4. The summed E-state index contributed by atoms with van der Waals surface area (Å²) >= 11 is 11.9. The predicted molar refractivity (Wildman–Crippen MR) is 106 cm³/mol. The topological polar surface area (TPSA) is 82.3 Å². The molecule has 7 heteroatoms. The Hall–Kier alpha value is -2.94. The van der Waals surface area contributed by atoms with Crippen molar-refractivity contribution in [2.45, 2.75) is 6.54 Å². The van der Waals surface area contributed by atoms with Gasteiger partial charge in [-0.2, -0.15) is 5.26 Å². The van der Waals surface area contributed by atoms with Crippen LogP contribution in [0.5, 0.6) is 11.5 Å². The maximum Gasteiger partial charge on any atom is 0.262 e. The lowest BCUT2D eigenvalue weighted by Gasteiger charge is -2.06. The number of nitrogens with zero attached hydrogens (tertiary/aromatic N) is 1. The number of phenols is 1. The van der Waals surface area contributed by atoms with E-state index in [0.717, 1.165) is 5.56 Å². The Morgan fingerprint density at radius 3 is 2.74 bits per heavy atom. The van der Waals surface area contributed by atoms with Gasteiger partial charge < -0.3 is 15.2 Å². The number of phenolic OH excluding ortho intramolecular Hbond substituents is 1. The Kier molecular flexibility index (Phi) is 7.30. The van der Waals surface area contributed by atoms with Crippen LogP contribution in [0.3, 0.4) is 0 Å². The van der Waals surface area contributed by atoms with E-state index in [4.69, 9.17) is 27.9 Å². The van der Waals surface area contributed by atoms with Gasteiger partial charge in [-0.25, -0.2) is 0 Å². The van der Waals surface area contributed by atoms with Crippen molar-refractivity contribution < 1.29 is 14.6 Å². The van der Waals surface area contributed by atoms with Gasteiger partial charge in [-0.15, -0.1) is 0 Å². The molecule has 0 saturated heterocycles. The minimum Gasteiger partial charge on any atom is -0.504 e. The third-order valence-electron chi connectivity index (χ3n) is 3.57. The summed E-state index contributed by atoms with van der Waals surface area (Å²) in [6, 6.07) is 11.6. The highest BCUT2D eigenvalue weighted by molar-refractivity contribution is 6.35. The molecule has 0 radical (unpaired) electrons. The summed E-state index contributed by atoms with van der Waals surface area (Å²) in [5.41, 5.74) is 1.38. The Labute approximate surface area is 167 Å². The maximum absolute atomic E-state index is 12.2. The standard InChI is InChI=1S/C20H16Cl2N2O3/c1-27-19-9-13(5-8-18(19)25)3-2-4-14(11-23)20(26)24-12-15-6-7-16(21)10-17(15)22/h2-10,25H,12H2,1H3,(H,24,26)/b3-2+,14-4+. The van der Waals surface area contributed by atoms with Crippen LogP contribution in [-0.2, 0) is 11.3 Å². The molecule has 2 aromatic rings. The van der Waals surface area contributed by atoms with E-state index in [0.29, 0.717) is 21.4 Å². The lowest BCUT2D eigenvalue weighted by Crippen LogP contribution is -2.24. The number of hydrogen-bond acceptors (Lipinski definition) is 4. The van der Waals surface area contributed by atoms with Gasteiger partial charge in [-0.3, -0.25) is 4.79 Å². The minimum absolute atomic E-state index is 0.0307. The van der Waals surface area contributed by atoms with Crippen LogP contribution in [0, 0.1) is 11.3 Å². The summed E-state index contributed by atoms with van der Waals surface area (Å²) < 4.78 is 5.03. The lowest BCUT2D eigenvalue weighted by atomic mass is 10.1. The number of rotatable bonds is 6. The van der Waals surface area contributed by atoms with Gasteiger partial charge in [0.15, 0.2) is 11.5 Å². The van der Waals surface area contributed by atoms with Gasteiger partial charge in [0.2, 0.25) is 0 Å². The third-order valence-corrected chi connectivity index (χ3v) is 4.16. The lowest BCUT2D eigenvalue weighted by molar-refractivity contribution is -0.117. The van der Waals surface area contributed by atoms with Crippen molar-refractivity contribution in [2.24, 2.45) is 0 Å². The average molecular weight is 403 g/mol. The van der Waals surface area contributed by atoms with Crippen molar-refractivity contribution in [1.82, 2.24) is 5.32 Å². The van der Waals surface area contributed by atoms with E-state index in [2.05, 4.69) is 5.32 Å². The highest BCUT2D eigenvalue weighted by atomic mass is 35.5. The molecule has 1 amide bonds. The molecule has 0 aromatic heterocycles. The van der Waals surface area contributed by atoms with E-state index in [-0.39, 0.29) is 17.9 Å². The largest absolute Gasteiger partial charge is 0.504 e. The Morgan fingerprint density at radius 2 is 2.07 bits per heavy atom.